The summed E-state index contributed by atoms with van der Waals surface area (Å²) in [6.07, 6.45) is -0.305. The number of ether oxygens (including phenoxy) is 1. The number of carbonyl (C=O) groups excluding carboxylic acids is 3. The topological polar surface area (TPSA) is 91.0 Å². The Kier molecular flexibility index (Phi) is 7.65. The van der Waals surface area contributed by atoms with Crippen molar-refractivity contribution in [1.82, 2.24) is 20.4 Å². The fourth-order valence-electron chi connectivity index (χ4n) is 1.99. The van der Waals surface area contributed by atoms with Gasteiger partial charge in [0.1, 0.15) is 0 Å². The van der Waals surface area contributed by atoms with Crippen LogP contribution in [0.2, 0.25) is 0 Å². The van der Waals surface area contributed by atoms with Crippen LogP contribution in [0.25, 0.3) is 0 Å². The predicted molar refractivity (Wildman–Crippen MR) is 81.4 cm³/mol. The third-order valence-corrected chi connectivity index (χ3v) is 3.13. The molecule has 22 heavy (non-hydrogen) atoms. The second-order valence-electron chi connectivity index (χ2n) is 5.64. The number of carbonyl (C=O) groups is 3. The first kappa shape index (κ1) is 18.2. The molecule has 1 saturated heterocycles. The number of hydrogen-bond donors (Lipinski definition) is 2. The highest BCUT2D eigenvalue weighted by Crippen LogP contribution is 2.05. The minimum atomic E-state index is -0.483. The molecule has 0 aromatic carbocycles. The van der Waals surface area contributed by atoms with Crippen LogP contribution in [0.15, 0.2) is 0 Å². The predicted octanol–water partition coefficient (Wildman–Crippen LogP) is 0.242. The molecular weight excluding hydrogens is 288 g/mol. The van der Waals surface area contributed by atoms with Crippen LogP contribution in [0.3, 0.4) is 0 Å². The molecule has 0 aromatic rings. The second-order valence-corrected chi connectivity index (χ2v) is 5.64. The molecule has 0 radical (unpaired) electrons. The Labute approximate surface area is 131 Å². The molecule has 1 heterocycles. The molecule has 0 spiro atoms. The van der Waals surface area contributed by atoms with Crippen LogP contribution in [-0.2, 0) is 9.53 Å². The van der Waals surface area contributed by atoms with E-state index in [-0.39, 0.29) is 18.5 Å². The van der Waals surface area contributed by atoms with Gasteiger partial charge in [-0.3, -0.25) is 15.0 Å². The standard InChI is InChI=1S/C14H26N4O4/c1-4-15-13(20)16-12(19)9-17-5-7-18(8-6-17)14(21)22-10-11(2)3/h11H,4-10H2,1-3H3,(H2,15,16,19,20). The number of rotatable bonds is 5. The van der Waals surface area contributed by atoms with Crippen LogP contribution in [-0.4, -0.2) is 73.7 Å². The van der Waals surface area contributed by atoms with Gasteiger partial charge < -0.3 is 15.0 Å². The zero-order valence-electron chi connectivity index (χ0n) is 13.6. The van der Waals surface area contributed by atoms with E-state index in [2.05, 4.69) is 10.6 Å². The van der Waals surface area contributed by atoms with Crippen LogP contribution in [0, 0.1) is 5.92 Å². The normalized spacial score (nSPS) is 15.5. The van der Waals surface area contributed by atoms with Crippen LogP contribution in [0.4, 0.5) is 9.59 Å². The summed E-state index contributed by atoms with van der Waals surface area (Å²) in [4.78, 5) is 38.2. The molecule has 126 valence electrons. The van der Waals surface area contributed by atoms with Crippen molar-refractivity contribution in [3.63, 3.8) is 0 Å². The average Bonchev–Trinajstić information content (AvgIpc) is 2.45. The molecule has 0 bridgehead atoms. The largest absolute Gasteiger partial charge is 0.449 e. The molecular formula is C14H26N4O4. The van der Waals surface area contributed by atoms with Gasteiger partial charge in [-0.25, -0.2) is 9.59 Å². The van der Waals surface area contributed by atoms with Gasteiger partial charge in [-0.2, -0.15) is 0 Å². The summed E-state index contributed by atoms with van der Waals surface area (Å²) < 4.78 is 5.18. The minimum Gasteiger partial charge on any atom is -0.449 e. The summed E-state index contributed by atoms with van der Waals surface area (Å²) in [5.41, 5.74) is 0. The first-order chi connectivity index (χ1) is 10.4. The van der Waals surface area contributed by atoms with Gasteiger partial charge in [0, 0.05) is 32.7 Å². The maximum absolute atomic E-state index is 11.8. The molecule has 8 nitrogen and oxygen atoms in total. The molecule has 8 heteroatoms. The molecule has 0 aliphatic carbocycles. The summed E-state index contributed by atoms with van der Waals surface area (Å²) in [7, 11) is 0. The van der Waals surface area contributed by atoms with Crippen molar-refractivity contribution in [3.8, 4) is 0 Å². The number of nitrogens with zero attached hydrogens (tertiary/aromatic N) is 2. The first-order valence-corrected chi connectivity index (χ1v) is 7.64. The number of hydrogen-bond acceptors (Lipinski definition) is 5. The summed E-state index contributed by atoms with van der Waals surface area (Å²) >= 11 is 0. The van der Waals surface area contributed by atoms with Crippen molar-refractivity contribution in [3.05, 3.63) is 0 Å². The van der Waals surface area contributed by atoms with Gasteiger partial charge in [0.05, 0.1) is 13.2 Å². The third-order valence-electron chi connectivity index (χ3n) is 3.13. The number of amides is 4. The van der Waals surface area contributed by atoms with Gasteiger partial charge in [-0.1, -0.05) is 13.8 Å². The van der Waals surface area contributed by atoms with Gasteiger partial charge in [-0.05, 0) is 12.8 Å². The van der Waals surface area contributed by atoms with Crippen LogP contribution in [0.1, 0.15) is 20.8 Å². The lowest BCUT2D eigenvalue weighted by atomic mass is 10.2. The van der Waals surface area contributed by atoms with Crippen molar-refractivity contribution in [1.29, 1.82) is 0 Å². The van der Waals surface area contributed by atoms with E-state index in [1.807, 2.05) is 18.7 Å². The Balaban J connectivity index is 2.26. The molecule has 0 aromatic heterocycles. The SMILES string of the molecule is CCNC(=O)NC(=O)CN1CCN(C(=O)OCC(C)C)CC1. The Hall–Kier alpha value is -1.83. The van der Waals surface area contributed by atoms with Crippen LogP contribution < -0.4 is 10.6 Å². The van der Waals surface area contributed by atoms with Crippen molar-refractivity contribution in [2.75, 3.05) is 45.9 Å². The Morgan fingerprint density at radius 1 is 1.14 bits per heavy atom. The zero-order valence-corrected chi connectivity index (χ0v) is 13.6. The Morgan fingerprint density at radius 3 is 2.32 bits per heavy atom. The highest BCUT2D eigenvalue weighted by molar-refractivity contribution is 5.95. The summed E-state index contributed by atoms with van der Waals surface area (Å²) in [6.45, 7) is 8.98. The van der Waals surface area contributed by atoms with Gasteiger partial charge in [0.15, 0.2) is 0 Å². The summed E-state index contributed by atoms with van der Waals surface area (Å²) in [5, 5.41) is 4.76. The summed E-state index contributed by atoms with van der Waals surface area (Å²) in [5.74, 6) is -0.0370. The fraction of sp³-hybridized carbons (Fsp3) is 0.786. The van der Waals surface area contributed by atoms with Gasteiger partial charge in [0.25, 0.3) is 0 Å². The van der Waals surface area contributed by atoms with Crippen molar-refractivity contribution in [2.24, 2.45) is 5.92 Å². The number of nitrogens with one attached hydrogen (secondary N) is 2. The van der Waals surface area contributed by atoms with E-state index in [1.54, 1.807) is 11.8 Å². The second kappa shape index (κ2) is 9.24. The van der Waals surface area contributed by atoms with Crippen molar-refractivity contribution in [2.45, 2.75) is 20.8 Å². The number of imide groups is 1. The highest BCUT2D eigenvalue weighted by Gasteiger charge is 2.23. The van der Waals surface area contributed by atoms with E-state index in [0.29, 0.717) is 45.2 Å². The smallest absolute Gasteiger partial charge is 0.409 e. The van der Waals surface area contributed by atoms with Gasteiger partial charge >= 0.3 is 12.1 Å². The Morgan fingerprint density at radius 2 is 1.77 bits per heavy atom. The molecule has 1 fully saturated rings. The lowest BCUT2D eigenvalue weighted by Crippen LogP contribution is -2.52. The minimum absolute atomic E-state index is 0.145. The van der Waals surface area contributed by atoms with Crippen molar-refractivity contribution >= 4 is 18.0 Å². The highest BCUT2D eigenvalue weighted by atomic mass is 16.6. The quantitative estimate of drug-likeness (QED) is 0.759. The van der Waals surface area contributed by atoms with Crippen LogP contribution >= 0.6 is 0 Å². The lowest BCUT2D eigenvalue weighted by Gasteiger charge is -2.33. The molecule has 0 saturated carbocycles. The van der Waals surface area contributed by atoms with E-state index in [1.165, 1.54) is 0 Å². The van der Waals surface area contributed by atoms with Gasteiger partial charge in [0.2, 0.25) is 5.91 Å². The maximum Gasteiger partial charge on any atom is 0.409 e. The van der Waals surface area contributed by atoms with E-state index in [0.717, 1.165) is 0 Å². The number of piperazine rings is 1. The summed E-state index contributed by atoms with van der Waals surface area (Å²) in [6, 6.07) is -0.483. The molecule has 1 rings (SSSR count). The zero-order chi connectivity index (χ0) is 16.5. The number of urea groups is 1. The molecule has 1 aliphatic heterocycles. The molecule has 0 atom stereocenters. The molecule has 0 unspecified atom stereocenters. The van der Waals surface area contributed by atoms with Crippen molar-refractivity contribution < 1.29 is 19.1 Å². The lowest BCUT2D eigenvalue weighted by molar-refractivity contribution is -0.121. The molecule has 2 N–H and O–H groups in total. The van der Waals surface area contributed by atoms with Gasteiger partial charge in [-0.15, -0.1) is 0 Å². The Bertz CT molecular complexity index is 392. The van der Waals surface area contributed by atoms with E-state index >= 15 is 0 Å². The fourth-order valence-corrected chi connectivity index (χ4v) is 1.99. The van der Waals surface area contributed by atoms with Crippen LogP contribution in [0.5, 0.6) is 0 Å². The molecule has 1 aliphatic rings. The molecule has 4 amide bonds. The third kappa shape index (κ3) is 6.75. The van der Waals surface area contributed by atoms with E-state index < -0.39 is 6.03 Å². The monoisotopic (exact) mass is 314 g/mol. The van der Waals surface area contributed by atoms with E-state index in [9.17, 15) is 14.4 Å². The average molecular weight is 314 g/mol. The maximum atomic E-state index is 11.8. The first-order valence-electron chi connectivity index (χ1n) is 7.64. The van der Waals surface area contributed by atoms with E-state index in [4.69, 9.17) is 4.74 Å².